The Morgan fingerprint density at radius 2 is 2.24 bits per heavy atom. The van der Waals surface area contributed by atoms with Gasteiger partial charge in [-0.2, -0.15) is 9.40 Å². The topological polar surface area (TPSA) is 92.4 Å². The molecule has 2 heterocycles. The van der Waals surface area contributed by atoms with Crippen LogP contribution in [0.15, 0.2) is 11.2 Å². The van der Waals surface area contributed by atoms with E-state index in [1.54, 1.807) is 6.92 Å². The summed E-state index contributed by atoms with van der Waals surface area (Å²) in [6.07, 6.45) is 4.66. The number of rotatable bonds is 5. The number of nitrogens with zero attached hydrogens (tertiary/aromatic N) is 2. The fraction of sp³-hybridized carbons (Fsp3) is 0.692. The number of hydrogen-bond acceptors (Lipinski definition) is 5. The molecule has 8 heteroatoms. The number of esters is 1. The minimum Gasteiger partial charge on any atom is -0.462 e. The maximum Gasteiger partial charge on any atom is 0.342 e. The summed E-state index contributed by atoms with van der Waals surface area (Å²) < 4.78 is 31.9. The predicted molar refractivity (Wildman–Crippen MR) is 76.4 cm³/mol. The zero-order valence-corrected chi connectivity index (χ0v) is 13.1. The number of piperidine rings is 1. The number of hydrogen-bond donors (Lipinski definition) is 1. The van der Waals surface area contributed by atoms with Crippen LogP contribution in [0.1, 0.15) is 49.9 Å². The van der Waals surface area contributed by atoms with Crippen molar-refractivity contribution in [2.45, 2.75) is 50.6 Å². The number of sulfonamides is 1. The average molecular weight is 315 g/mol. The quantitative estimate of drug-likeness (QED) is 0.832. The van der Waals surface area contributed by atoms with Gasteiger partial charge in [-0.25, -0.2) is 13.2 Å². The molecule has 1 fully saturated rings. The van der Waals surface area contributed by atoms with Crippen LogP contribution >= 0.6 is 0 Å². The van der Waals surface area contributed by atoms with Crippen LogP contribution in [0.25, 0.3) is 0 Å². The maximum atomic E-state index is 12.8. The third kappa shape index (κ3) is 3.11. The maximum absolute atomic E-state index is 12.8. The van der Waals surface area contributed by atoms with Crippen LogP contribution in [-0.2, 0) is 14.8 Å². The molecule has 7 nitrogen and oxygen atoms in total. The van der Waals surface area contributed by atoms with Crippen LogP contribution in [-0.4, -0.2) is 48.1 Å². The van der Waals surface area contributed by atoms with Gasteiger partial charge < -0.3 is 4.74 Å². The molecular formula is C13H21N3O4S. The van der Waals surface area contributed by atoms with Gasteiger partial charge in [0.25, 0.3) is 10.0 Å². The van der Waals surface area contributed by atoms with Gasteiger partial charge in [0.2, 0.25) is 0 Å². The fourth-order valence-electron chi connectivity index (χ4n) is 2.64. The average Bonchev–Trinajstić information content (AvgIpc) is 2.97. The summed E-state index contributed by atoms with van der Waals surface area (Å²) in [5.74, 6) is -0.671. The van der Waals surface area contributed by atoms with Gasteiger partial charge in [-0.05, 0) is 26.2 Å². The van der Waals surface area contributed by atoms with Gasteiger partial charge in [0, 0.05) is 12.6 Å². The van der Waals surface area contributed by atoms with Gasteiger partial charge in [0.1, 0.15) is 5.56 Å². The molecule has 0 bridgehead atoms. The summed E-state index contributed by atoms with van der Waals surface area (Å²) in [5.41, 5.74) is -0.0303. The number of carbonyl (C=O) groups is 1. The summed E-state index contributed by atoms with van der Waals surface area (Å²) in [5, 5.41) is 5.99. The summed E-state index contributed by atoms with van der Waals surface area (Å²) in [7, 11) is -3.76. The zero-order chi connectivity index (χ0) is 15.5. The second-order valence-corrected chi connectivity index (χ2v) is 6.83. The van der Waals surface area contributed by atoms with Gasteiger partial charge in [0.15, 0.2) is 5.03 Å². The first-order valence-electron chi connectivity index (χ1n) is 7.24. The first kappa shape index (κ1) is 16.0. The number of ether oxygens (including phenoxy) is 1. The molecule has 0 amide bonds. The third-order valence-corrected chi connectivity index (χ3v) is 5.64. The first-order valence-corrected chi connectivity index (χ1v) is 8.68. The highest BCUT2D eigenvalue weighted by atomic mass is 32.2. The van der Waals surface area contributed by atoms with Gasteiger partial charge >= 0.3 is 5.97 Å². The number of carbonyl (C=O) groups excluding carboxylic acids is 1. The van der Waals surface area contributed by atoms with Gasteiger partial charge in [-0.3, -0.25) is 5.10 Å². The van der Waals surface area contributed by atoms with E-state index in [9.17, 15) is 13.2 Å². The van der Waals surface area contributed by atoms with Crippen LogP contribution in [0.2, 0.25) is 0 Å². The van der Waals surface area contributed by atoms with Gasteiger partial charge in [-0.15, -0.1) is 0 Å². The van der Waals surface area contributed by atoms with Gasteiger partial charge in [0.05, 0.1) is 12.8 Å². The van der Waals surface area contributed by atoms with Crippen molar-refractivity contribution in [3.63, 3.8) is 0 Å². The summed E-state index contributed by atoms with van der Waals surface area (Å²) in [6, 6.07) is -0.0258. The molecule has 1 aliphatic rings. The van der Waals surface area contributed by atoms with E-state index in [1.165, 1.54) is 10.5 Å². The molecule has 0 radical (unpaired) electrons. The number of aromatic nitrogens is 2. The molecule has 1 N–H and O–H groups in total. The van der Waals surface area contributed by atoms with Crippen LogP contribution < -0.4 is 0 Å². The highest BCUT2D eigenvalue weighted by molar-refractivity contribution is 7.89. The first-order chi connectivity index (χ1) is 10.0. The Labute approximate surface area is 124 Å². The van der Waals surface area contributed by atoms with Crippen molar-refractivity contribution in [2.75, 3.05) is 13.2 Å². The lowest BCUT2D eigenvalue weighted by atomic mass is 10.0. The zero-order valence-electron chi connectivity index (χ0n) is 12.3. The summed E-state index contributed by atoms with van der Waals surface area (Å²) in [4.78, 5) is 11.8. The van der Waals surface area contributed by atoms with Crippen LogP contribution in [0, 0.1) is 0 Å². The molecule has 1 aromatic heterocycles. The predicted octanol–water partition coefficient (Wildman–Crippen LogP) is 1.54. The Bertz CT molecular complexity index is 596. The van der Waals surface area contributed by atoms with Crippen molar-refractivity contribution >= 4 is 16.0 Å². The highest BCUT2D eigenvalue weighted by Crippen LogP contribution is 2.27. The summed E-state index contributed by atoms with van der Waals surface area (Å²) >= 11 is 0. The number of aromatic amines is 1. The minimum atomic E-state index is -3.76. The molecule has 2 rings (SSSR count). The smallest absolute Gasteiger partial charge is 0.342 e. The van der Waals surface area contributed by atoms with E-state index in [1.807, 2.05) is 6.92 Å². The third-order valence-electron chi connectivity index (χ3n) is 3.71. The second-order valence-electron chi connectivity index (χ2n) is 5.01. The molecule has 1 aromatic rings. The molecule has 0 spiro atoms. The van der Waals surface area contributed by atoms with Crippen molar-refractivity contribution in [3.05, 3.63) is 11.8 Å². The fourth-order valence-corrected chi connectivity index (χ4v) is 4.47. The van der Waals surface area contributed by atoms with E-state index in [-0.39, 0.29) is 23.2 Å². The van der Waals surface area contributed by atoms with E-state index in [4.69, 9.17) is 4.74 Å². The van der Waals surface area contributed by atoms with Gasteiger partial charge in [-0.1, -0.05) is 13.3 Å². The van der Waals surface area contributed by atoms with E-state index >= 15 is 0 Å². The van der Waals surface area contributed by atoms with Crippen molar-refractivity contribution in [1.82, 2.24) is 14.5 Å². The van der Waals surface area contributed by atoms with E-state index in [0.29, 0.717) is 6.54 Å². The van der Waals surface area contributed by atoms with Crippen molar-refractivity contribution in [1.29, 1.82) is 0 Å². The van der Waals surface area contributed by atoms with E-state index in [2.05, 4.69) is 10.2 Å². The lowest BCUT2D eigenvalue weighted by molar-refractivity contribution is 0.0521. The molecule has 1 aliphatic heterocycles. The van der Waals surface area contributed by atoms with Crippen LogP contribution in [0.4, 0.5) is 0 Å². The molecule has 1 unspecified atom stereocenters. The Balaban J connectivity index is 2.35. The Hall–Kier alpha value is -1.41. The number of H-pyrrole nitrogens is 1. The second kappa shape index (κ2) is 6.57. The SMILES string of the molecule is CCOC(=O)c1cn[nH]c1S(=O)(=O)N1CCCCC1CC. The Kier molecular flexibility index (Phi) is 5.00. The Morgan fingerprint density at radius 3 is 2.90 bits per heavy atom. The highest BCUT2D eigenvalue weighted by Gasteiger charge is 2.36. The largest absolute Gasteiger partial charge is 0.462 e. The molecular weight excluding hydrogens is 294 g/mol. The molecule has 0 aromatic carbocycles. The molecule has 21 heavy (non-hydrogen) atoms. The van der Waals surface area contributed by atoms with E-state index < -0.39 is 16.0 Å². The van der Waals surface area contributed by atoms with Crippen molar-refractivity contribution in [3.8, 4) is 0 Å². The van der Waals surface area contributed by atoms with E-state index in [0.717, 1.165) is 25.7 Å². The summed E-state index contributed by atoms with van der Waals surface area (Å²) in [6.45, 7) is 4.30. The lowest BCUT2D eigenvalue weighted by Crippen LogP contribution is -2.43. The normalized spacial score (nSPS) is 20.4. The number of nitrogens with one attached hydrogen (secondary N) is 1. The standard InChI is InChI=1S/C13H21N3O4S/c1-3-10-7-5-6-8-16(10)21(18,19)12-11(9-14-15-12)13(17)20-4-2/h9-10H,3-8H2,1-2H3,(H,14,15). The van der Waals surface area contributed by atoms with Crippen LogP contribution in [0.3, 0.4) is 0 Å². The minimum absolute atomic E-state index is 0.0258. The lowest BCUT2D eigenvalue weighted by Gasteiger charge is -2.33. The Morgan fingerprint density at radius 1 is 1.48 bits per heavy atom. The molecule has 1 saturated heterocycles. The molecule has 1 atom stereocenters. The molecule has 118 valence electrons. The molecule has 0 aliphatic carbocycles. The van der Waals surface area contributed by atoms with Crippen LogP contribution in [0.5, 0.6) is 0 Å². The van der Waals surface area contributed by atoms with Crippen molar-refractivity contribution < 1.29 is 17.9 Å². The van der Waals surface area contributed by atoms with Crippen molar-refractivity contribution in [2.24, 2.45) is 0 Å². The molecule has 0 saturated carbocycles. The monoisotopic (exact) mass is 315 g/mol.